The lowest BCUT2D eigenvalue weighted by molar-refractivity contribution is -0.136. The Morgan fingerprint density at radius 1 is 1.12 bits per heavy atom. The maximum absolute atomic E-state index is 13.1. The molecular formula is C25H26N4O4S. The SMILES string of the molecule is COc1ccc(-c2nc(CN3CCN(C(=O)C(C)n4c(=O)oc5ccccc54)CC3)cs2)cc1. The van der Waals surface area contributed by atoms with Gasteiger partial charge in [-0.3, -0.25) is 14.3 Å². The number of hydrogen-bond acceptors (Lipinski definition) is 7. The quantitative estimate of drug-likeness (QED) is 0.421. The number of hydrogen-bond donors (Lipinski definition) is 0. The second-order valence-electron chi connectivity index (χ2n) is 8.36. The van der Waals surface area contributed by atoms with Gasteiger partial charge in [0, 0.05) is 43.7 Å². The van der Waals surface area contributed by atoms with E-state index in [1.54, 1.807) is 37.5 Å². The fraction of sp³-hybridized carbons (Fsp3) is 0.320. The van der Waals surface area contributed by atoms with E-state index in [0.717, 1.165) is 41.6 Å². The molecule has 1 atom stereocenters. The number of nitrogens with zero attached hydrogens (tertiary/aromatic N) is 4. The largest absolute Gasteiger partial charge is 0.497 e. The van der Waals surface area contributed by atoms with Gasteiger partial charge >= 0.3 is 5.76 Å². The van der Waals surface area contributed by atoms with Crippen molar-refractivity contribution in [3.8, 4) is 16.3 Å². The summed E-state index contributed by atoms with van der Waals surface area (Å²) in [4.78, 5) is 34.4. The molecule has 1 aliphatic rings. The first-order valence-corrected chi connectivity index (χ1v) is 12.1. The van der Waals surface area contributed by atoms with Crippen molar-refractivity contribution >= 4 is 28.3 Å². The molecule has 0 bridgehead atoms. The van der Waals surface area contributed by atoms with Gasteiger partial charge in [-0.25, -0.2) is 9.78 Å². The molecule has 2 aromatic carbocycles. The summed E-state index contributed by atoms with van der Waals surface area (Å²) < 4.78 is 12.0. The van der Waals surface area contributed by atoms with E-state index in [4.69, 9.17) is 14.1 Å². The van der Waals surface area contributed by atoms with Gasteiger partial charge < -0.3 is 14.1 Å². The van der Waals surface area contributed by atoms with E-state index in [2.05, 4.69) is 10.3 Å². The summed E-state index contributed by atoms with van der Waals surface area (Å²) in [6.45, 7) is 5.25. The van der Waals surface area contributed by atoms with E-state index in [0.29, 0.717) is 24.2 Å². The molecule has 1 amide bonds. The van der Waals surface area contributed by atoms with Gasteiger partial charge in [-0.05, 0) is 43.3 Å². The second kappa shape index (κ2) is 9.44. The van der Waals surface area contributed by atoms with Crippen LogP contribution in [-0.4, -0.2) is 58.5 Å². The molecule has 0 aliphatic carbocycles. The molecule has 8 nitrogen and oxygen atoms in total. The third kappa shape index (κ3) is 4.36. The zero-order valence-corrected chi connectivity index (χ0v) is 20.0. The van der Waals surface area contributed by atoms with Crippen molar-refractivity contribution in [1.29, 1.82) is 0 Å². The number of benzene rings is 2. The summed E-state index contributed by atoms with van der Waals surface area (Å²) in [5, 5.41) is 3.08. The molecule has 0 radical (unpaired) electrons. The van der Waals surface area contributed by atoms with E-state index >= 15 is 0 Å². The monoisotopic (exact) mass is 478 g/mol. The number of methoxy groups -OCH3 is 1. The fourth-order valence-electron chi connectivity index (χ4n) is 4.33. The lowest BCUT2D eigenvalue weighted by Gasteiger charge is -2.35. The summed E-state index contributed by atoms with van der Waals surface area (Å²) >= 11 is 1.63. The maximum atomic E-state index is 13.1. The van der Waals surface area contributed by atoms with Crippen LogP contribution < -0.4 is 10.5 Å². The van der Waals surface area contributed by atoms with Crippen LogP contribution in [0.15, 0.2) is 63.1 Å². The molecule has 176 valence electrons. The molecule has 9 heteroatoms. The van der Waals surface area contributed by atoms with Gasteiger partial charge in [0.15, 0.2) is 5.58 Å². The normalized spacial score (nSPS) is 15.5. The van der Waals surface area contributed by atoms with Gasteiger partial charge in [0.05, 0.1) is 18.3 Å². The molecule has 34 heavy (non-hydrogen) atoms. The number of carbonyl (C=O) groups excluding carboxylic acids is 1. The number of piperazine rings is 1. The average Bonchev–Trinajstić information content (AvgIpc) is 3.47. The minimum Gasteiger partial charge on any atom is -0.497 e. The molecule has 2 aromatic heterocycles. The first-order chi connectivity index (χ1) is 16.5. The maximum Gasteiger partial charge on any atom is 0.420 e. The lowest BCUT2D eigenvalue weighted by Crippen LogP contribution is -2.50. The van der Waals surface area contributed by atoms with Gasteiger partial charge in [-0.2, -0.15) is 0 Å². The van der Waals surface area contributed by atoms with Crippen LogP contribution in [-0.2, 0) is 11.3 Å². The number of fused-ring (bicyclic) bond motifs is 1. The molecule has 0 spiro atoms. The summed E-state index contributed by atoms with van der Waals surface area (Å²) in [5.74, 6) is 0.258. The van der Waals surface area contributed by atoms with Gasteiger partial charge in [-0.1, -0.05) is 12.1 Å². The number of para-hydroxylation sites is 2. The number of carbonyl (C=O) groups is 1. The smallest absolute Gasteiger partial charge is 0.420 e. The zero-order chi connectivity index (χ0) is 23.7. The van der Waals surface area contributed by atoms with Crippen LogP contribution in [0.25, 0.3) is 21.7 Å². The number of thiazole rings is 1. The number of amides is 1. The number of aromatic nitrogens is 2. The van der Waals surface area contributed by atoms with Crippen LogP contribution >= 0.6 is 11.3 Å². The van der Waals surface area contributed by atoms with Crippen LogP contribution in [0.1, 0.15) is 18.7 Å². The summed E-state index contributed by atoms with van der Waals surface area (Å²) in [5.41, 5.74) is 3.24. The lowest BCUT2D eigenvalue weighted by atomic mass is 10.2. The van der Waals surface area contributed by atoms with Crippen LogP contribution in [0.2, 0.25) is 0 Å². The van der Waals surface area contributed by atoms with Crippen molar-refractivity contribution in [2.45, 2.75) is 19.5 Å². The van der Waals surface area contributed by atoms with Crippen molar-refractivity contribution in [1.82, 2.24) is 19.4 Å². The Kier molecular flexibility index (Phi) is 6.21. The number of oxazole rings is 1. The standard InChI is InChI=1S/C25H26N4O4S/c1-17(29-21-5-3-4-6-22(21)33-25(29)31)24(30)28-13-11-27(12-14-28)15-19-16-34-23(26-19)18-7-9-20(32-2)10-8-18/h3-10,16-17H,11-15H2,1-2H3. The highest BCUT2D eigenvalue weighted by Crippen LogP contribution is 2.26. The summed E-state index contributed by atoms with van der Waals surface area (Å²) in [6.07, 6.45) is 0. The molecule has 1 saturated heterocycles. The molecule has 1 unspecified atom stereocenters. The Balaban J connectivity index is 1.19. The van der Waals surface area contributed by atoms with Gasteiger partial charge in [0.1, 0.15) is 16.8 Å². The summed E-state index contributed by atoms with van der Waals surface area (Å²) in [7, 11) is 1.66. The third-order valence-electron chi connectivity index (χ3n) is 6.22. The van der Waals surface area contributed by atoms with Gasteiger partial charge in [-0.15, -0.1) is 11.3 Å². The molecular weight excluding hydrogens is 452 g/mol. The Hall–Kier alpha value is -3.43. The topological polar surface area (TPSA) is 80.8 Å². The fourth-order valence-corrected chi connectivity index (χ4v) is 5.14. The second-order valence-corrected chi connectivity index (χ2v) is 9.21. The first-order valence-electron chi connectivity index (χ1n) is 11.2. The van der Waals surface area contributed by atoms with Crippen LogP contribution in [0, 0.1) is 0 Å². The van der Waals surface area contributed by atoms with Crippen LogP contribution in [0.5, 0.6) is 5.75 Å². The molecule has 5 rings (SSSR count). The van der Waals surface area contributed by atoms with Crippen molar-refractivity contribution < 1.29 is 13.9 Å². The molecule has 1 fully saturated rings. The number of ether oxygens (including phenoxy) is 1. The third-order valence-corrected chi connectivity index (χ3v) is 7.16. The van der Waals surface area contributed by atoms with E-state index in [1.165, 1.54) is 4.57 Å². The highest BCUT2D eigenvalue weighted by Gasteiger charge is 2.28. The molecule has 3 heterocycles. The Morgan fingerprint density at radius 3 is 2.59 bits per heavy atom. The van der Waals surface area contributed by atoms with E-state index < -0.39 is 11.8 Å². The molecule has 1 aliphatic heterocycles. The Bertz CT molecular complexity index is 1350. The molecule has 0 saturated carbocycles. The van der Waals surface area contributed by atoms with E-state index in [1.807, 2.05) is 41.3 Å². The van der Waals surface area contributed by atoms with E-state index in [-0.39, 0.29) is 5.91 Å². The minimum atomic E-state index is -0.617. The Morgan fingerprint density at radius 2 is 1.85 bits per heavy atom. The van der Waals surface area contributed by atoms with Gasteiger partial charge in [0.2, 0.25) is 5.91 Å². The van der Waals surface area contributed by atoms with Crippen molar-refractivity contribution in [2.75, 3.05) is 33.3 Å². The average molecular weight is 479 g/mol. The highest BCUT2D eigenvalue weighted by atomic mass is 32.1. The van der Waals surface area contributed by atoms with Crippen molar-refractivity contribution in [3.05, 3.63) is 70.2 Å². The Labute approximate surface area is 201 Å². The predicted octanol–water partition coefficient (Wildman–Crippen LogP) is 3.63. The zero-order valence-electron chi connectivity index (χ0n) is 19.1. The van der Waals surface area contributed by atoms with Crippen LogP contribution in [0.3, 0.4) is 0 Å². The van der Waals surface area contributed by atoms with E-state index in [9.17, 15) is 9.59 Å². The predicted molar refractivity (Wildman–Crippen MR) is 131 cm³/mol. The molecule has 4 aromatic rings. The molecule has 0 N–H and O–H groups in total. The van der Waals surface area contributed by atoms with Crippen LogP contribution in [0.4, 0.5) is 0 Å². The van der Waals surface area contributed by atoms with Crippen molar-refractivity contribution in [3.63, 3.8) is 0 Å². The summed E-state index contributed by atoms with van der Waals surface area (Å²) in [6, 6.07) is 14.5. The number of rotatable bonds is 6. The first kappa shape index (κ1) is 22.4. The highest BCUT2D eigenvalue weighted by molar-refractivity contribution is 7.13. The van der Waals surface area contributed by atoms with Gasteiger partial charge in [0.25, 0.3) is 0 Å². The van der Waals surface area contributed by atoms with Crippen molar-refractivity contribution in [2.24, 2.45) is 0 Å². The minimum absolute atomic E-state index is 0.0660.